The lowest BCUT2D eigenvalue weighted by Crippen LogP contribution is -2.40. The van der Waals surface area contributed by atoms with Crippen LogP contribution in [0.4, 0.5) is 5.82 Å². The number of aromatic amines is 1. The van der Waals surface area contributed by atoms with Crippen LogP contribution < -0.4 is 10.9 Å². The number of H-pyrrole nitrogens is 1. The quantitative estimate of drug-likeness (QED) is 0.423. The monoisotopic (exact) mass is 493 g/mol. The topological polar surface area (TPSA) is 126 Å². The first-order chi connectivity index (χ1) is 16.9. The average Bonchev–Trinajstić information content (AvgIpc) is 3.30. The number of carbonyl (C=O) groups is 1. The number of nitrogens with one attached hydrogen (secondary N) is 2. The lowest BCUT2D eigenvalue weighted by atomic mass is 10.1. The van der Waals surface area contributed by atoms with Crippen LogP contribution in [0.3, 0.4) is 0 Å². The third kappa shape index (κ3) is 4.74. The fraction of sp³-hybridized carbons (Fsp3) is 0.208. The van der Waals surface area contributed by atoms with Gasteiger partial charge >= 0.3 is 0 Å². The first-order valence-electron chi connectivity index (χ1n) is 11.0. The Morgan fingerprint density at radius 1 is 1.06 bits per heavy atom. The summed E-state index contributed by atoms with van der Waals surface area (Å²) in [5.41, 5.74) is 0.965. The number of hydrogen-bond donors (Lipinski definition) is 2. The minimum atomic E-state index is -3.78. The Balaban J connectivity index is 1.48. The van der Waals surface area contributed by atoms with Crippen molar-refractivity contribution in [1.29, 1.82) is 0 Å². The van der Waals surface area contributed by atoms with Crippen molar-refractivity contribution < 1.29 is 17.9 Å². The number of ether oxygens (including phenoxy) is 1. The van der Waals surface area contributed by atoms with Crippen molar-refractivity contribution in [2.24, 2.45) is 0 Å². The highest BCUT2D eigenvalue weighted by Gasteiger charge is 2.27. The Morgan fingerprint density at radius 3 is 2.60 bits per heavy atom. The van der Waals surface area contributed by atoms with E-state index in [4.69, 9.17) is 4.74 Å². The van der Waals surface area contributed by atoms with E-state index in [1.807, 2.05) is 30.3 Å². The summed E-state index contributed by atoms with van der Waals surface area (Å²) in [5.74, 6) is -0.0961. The van der Waals surface area contributed by atoms with Crippen molar-refractivity contribution >= 4 is 32.7 Å². The van der Waals surface area contributed by atoms with Gasteiger partial charge in [0.1, 0.15) is 5.82 Å². The van der Waals surface area contributed by atoms with Crippen molar-refractivity contribution in [2.45, 2.75) is 11.4 Å². The standard InChI is InChI=1S/C24H23N5O5S/c30-23-15-20(24(31)27-22-8-9-25-29(22)16-17-4-2-1-3-5-17)19-14-18(6-7-21(19)26-23)35(32,33)28-10-12-34-13-11-28/h1-9,14-15H,10-13,16H2,(H,26,30)(H,27,31). The van der Waals surface area contributed by atoms with Gasteiger partial charge < -0.3 is 15.0 Å². The Morgan fingerprint density at radius 2 is 1.83 bits per heavy atom. The van der Waals surface area contributed by atoms with E-state index in [1.54, 1.807) is 16.9 Å². The van der Waals surface area contributed by atoms with Crippen LogP contribution in [0.2, 0.25) is 0 Å². The molecule has 35 heavy (non-hydrogen) atoms. The number of pyridine rings is 1. The van der Waals surface area contributed by atoms with E-state index in [-0.39, 0.29) is 23.5 Å². The summed E-state index contributed by atoms with van der Waals surface area (Å²) in [6.07, 6.45) is 1.57. The first-order valence-corrected chi connectivity index (χ1v) is 12.5. The van der Waals surface area contributed by atoms with Crippen LogP contribution in [0.15, 0.2) is 76.6 Å². The van der Waals surface area contributed by atoms with E-state index in [0.29, 0.717) is 36.5 Å². The molecule has 11 heteroatoms. The van der Waals surface area contributed by atoms with E-state index in [0.717, 1.165) is 5.56 Å². The fourth-order valence-corrected chi connectivity index (χ4v) is 5.46. The van der Waals surface area contributed by atoms with Crippen molar-refractivity contribution in [3.8, 4) is 0 Å². The van der Waals surface area contributed by atoms with Crippen LogP contribution >= 0.6 is 0 Å². The molecule has 0 unspecified atom stereocenters. The van der Waals surface area contributed by atoms with Gasteiger partial charge in [-0.05, 0) is 23.8 Å². The maximum atomic E-state index is 13.3. The Kier molecular flexibility index (Phi) is 6.20. The van der Waals surface area contributed by atoms with Gasteiger partial charge in [-0.2, -0.15) is 9.40 Å². The van der Waals surface area contributed by atoms with Gasteiger partial charge in [-0.3, -0.25) is 9.59 Å². The zero-order valence-electron chi connectivity index (χ0n) is 18.7. The van der Waals surface area contributed by atoms with E-state index >= 15 is 0 Å². The summed E-state index contributed by atoms with van der Waals surface area (Å²) < 4.78 is 34.5. The van der Waals surface area contributed by atoms with Crippen molar-refractivity contribution in [1.82, 2.24) is 19.1 Å². The zero-order chi connectivity index (χ0) is 24.4. The molecule has 1 aliphatic heterocycles. The molecular formula is C24H23N5O5S. The largest absolute Gasteiger partial charge is 0.379 e. The van der Waals surface area contributed by atoms with E-state index in [9.17, 15) is 18.0 Å². The smallest absolute Gasteiger partial charge is 0.257 e. The molecule has 3 heterocycles. The van der Waals surface area contributed by atoms with Gasteiger partial charge in [-0.15, -0.1) is 0 Å². The van der Waals surface area contributed by atoms with Gasteiger partial charge in [-0.1, -0.05) is 30.3 Å². The van der Waals surface area contributed by atoms with Crippen molar-refractivity contribution in [2.75, 3.05) is 31.6 Å². The van der Waals surface area contributed by atoms with Crippen LogP contribution in [-0.4, -0.2) is 59.7 Å². The predicted molar refractivity (Wildman–Crippen MR) is 130 cm³/mol. The molecule has 0 radical (unpaired) electrons. The number of anilines is 1. The van der Waals surface area contributed by atoms with E-state index in [2.05, 4.69) is 15.4 Å². The normalized spacial score (nSPS) is 14.7. The van der Waals surface area contributed by atoms with Crippen LogP contribution in [0.5, 0.6) is 0 Å². The molecular weight excluding hydrogens is 470 g/mol. The summed E-state index contributed by atoms with van der Waals surface area (Å²) in [5, 5.41) is 7.40. The van der Waals surface area contributed by atoms with Crippen molar-refractivity contribution in [3.63, 3.8) is 0 Å². The molecule has 4 aromatic rings. The lowest BCUT2D eigenvalue weighted by Gasteiger charge is -2.26. The zero-order valence-corrected chi connectivity index (χ0v) is 19.5. The van der Waals surface area contributed by atoms with Gasteiger partial charge in [0, 0.05) is 36.1 Å². The van der Waals surface area contributed by atoms with Gasteiger partial charge in [0.25, 0.3) is 5.91 Å². The molecule has 1 saturated heterocycles. The number of rotatable bonds is 6. The number of amides is 1. The maximum absolute atomic E-state index is 13.3. The highest BCUT2D eigenvalue weighted by Crippen LogP contribution is 2.24. The number of aromatic nitrogens is 3. The third-order valence-electron chi connectivity index (χ3n) is 5.80. The molecule has 0 spiro atoms. The average molecular weight is 494 g/mol. The third-order valence-corrected chi connectivity index (χ3v) is 7.69. The van der Waals surface area contributed by atoms with Gasteiger partial charge in [0.05, 0.1) is 36.4 Å². The second-order valence-electron chi connectivity index (χ2n) is 8.08. The molecule has 5 rings (SSSR count). The van der Waals surface area contributed by atoms with Crippen LogP contribution in [0.25, 0.3) is 10.9 Å². The first kappa shape index (κ1) is 23.0. The molecule has 2 aromatic heterocycles. The summed E-state index contributed by atoms with van der Waals surface area (Å²) in [7, 11) is -3.78. The SMILES string of the molecule is O=C(Nc1ccnn1Cc1ccccc1)c1cc(=O)[nH]c2ccc(S(=O)(=O)N3CCOCC3)cc12. The minimum Gasteiger partial charge on any atom is -0.379 e. The predicted octanol–water partition coefficient (Wildman–Crippen LogP) is 2.05. The van der Waals surface area contributed by atoms with E-state index in [1.165, 1.54) is 28.6 Å². The second kappa shape index (κ2) is 9.45. The van der Waals surface area contributed by atoms with Gasteiger partial charge in [0.15, 0.2) is 0 Å². The highest BCUT2D eigenvalue weighted by atomic mass is 32.2. The molecule has 0 atom stereocenters. The number of benzene rings is 2. The Hall–Kier alpha value is -3.80. The summed E-state index contributed by atoms with van der Waals surface area (Å²) >= 11 is 0. The molecule has 180 valence electrons. The molecule has 2 aromatic carbocycles. The number of fused-ring (bicyclic) bond motifs is 1. The van der Waals surface area contributed by atoms with Crippen LogP contribution in [-0.2, 0) is 21.3 Å². The number of carbonyl (C=O) groups excluding carboxylic acids is 1. The minimum absolute atomic E-state index is 0.0436. The highest BCUT2D eigenvalue weighted by molar-refractivity contribution is 7.89. The molecule has 0 aliphatic carbocycles. The molecule has 2 N–H and O–H groups in total. The number of sulfonamides is 1. The molecule has 1 fully saturated rings. The van der Waals surface area contributed by atoms with E-state index < -0.39 is 21.5 Å². The molecule has 1 amide bonds. The van der Waals surface area contributed by atoms with Gasteiger partial charge in [0.2, 0.25) is 15.6 Å². The summed E-state index contributed by atoms with van der Waals surface area (Å²) in [6, 6.07) is 16.8. The second-order valence-corrected chi connectivity index (χ2v) is 10.0. The Bertz CT molecular complexity index is 1540. The van der Waals surface area contributed by atoms with Crippen LogP contribution in [0.1, 0.15) is 15.9 Å². The lowest BCUT2D eigenvalue weighted by molar-refractivity contribution is 0.0730. The summed E-state index contributed by atoms with van der Waals surface area (Å²) in [4.78, 5) is 28.2. The number of nitrogens with zero attached hydrogens (tertiary/aromatic N) is 3. The fourth-order valence-electron chi connectivity index (χ4n) is 4.02. The molecule has 10 nitrogen and oxygen atoms in total. The summed E-state index contributed by atoms with van der Waals surface area (Å²) in [6.45, 7) is 1.60. The molecule has 1 aliphatic rings. The maximum Gasteiger partial charge on any atom is 0.257 e. The number of morpholine rings is 1. The molecule has 0 bridgehead atoms. The van der Waals surface area contributed by atoms with Gasteiger partial charge in [-0.25, -0.2) is 13.1 Å². The Labute approximate surface area is 201 Å². The molecule has 0 saturated carbocycles. The van der Waals surface area contributed by atoms with Crippen molar-refractivity contribution in [3.05, 3.63) is 88.3 Å². The number of hydrogen-bond acceptors (Lipinski definition) is 6. The van der Waals surface area contributed by atoms with Crippen LogP contribution in [0, 0.1) is 0 Å².